The van der Waals surface area contributed by atoms with Crippen LogP contribution in [0, 0.1) is 6.92 Å². The zero-order valence-electron chi connectivity index (χ0n) is 10.8. The lowest BCUT2D eigenvalue weighted by atomic mass is 10.1. The molecule has 17 heavy (non-hydrogen) atoms. The van der Waals surface area contributed by atoms with E-state index in [0.717, 1.165) is 31.2 Å². The Morgan fingerprint density at radius 1 is 1.53 bits per heavy atom. The molecule has 0 radical (unpaired) electrons. The van der Waals surface area contributed by atoms with Gasteiger partial charge >= 0.3 is 0 Å². The number of aryl methyl sites for hydroxylation is 1. The second-order valence-corrected chi connectivity index (χ2v) is 5.74. The summed E-state index contributed by atoms with van der Waals surface area (Å²) in [6.07, 6.45) is 4.20. The average molecular weight is 254 g/mol. The molecule has 0 spiro atoms. The SMILES string of the molecule is CCN(Cc1csc(C)n1)C[C@H]1CCCCO1. The molecule has 1 fully saturated rings. The highest BCUT2D eigenvalue weighted by Gasteiger charge is 2.17. The summed E-state index contributed by atoms with van der Waals surface area (Å²) in [6.45, 7) is 8.29. The first-order valence-corrected chi connectivity index (χ1v) is 7.41. The van der Waals surface area contributed by atoms with Crippen molar-refractivity contribution in [3.63, 3.8) is 0 Å². The van der Waals surface area contributed by atoms with Crippen LogP contribution in [0.15, 0.2) is 5.38 Å². The fourth-order valence-corrected chi connectivity index (χ4v) is 2.86. The maximum atomic E-state index is 5.79. The molecule has 0 aromatic carbocycles. The van der Waals surface area contributed by atoms with Crippen molar-refractivity contribution >= 4 is 11.3 Å². The molecule has 0 amide bonds. The van der Waals surface area contributed by atoms with E-state index in [1.54, 1.807) is 11.3 Å². The van der Waals surface area contributed by atoms with Gasteiger partial charge in [-0.3, -0.25) is 4.90 Å². The van der Waals surface area contributed by atoms with E-state index >= 15 is 0 Å². The lowest BCUT2D eigenvalue weighted by molar-refractivity contribution is -0.00639. The maximum Gasteiger partial charge on any atom is 0.0897 e. The molecule has 1 saturated heterocycles. The van der Waals surface area contributed by atoms with Gasteiger partial charge in [0.2, 0.25) is 0 Å². The van der Waals surface area contributed by atoms with Crippen LogP contribution in [-0.2, 0) is 11.3 Å². The van der Waals surface area contributed by atoms with Crippen molar-refractivity contribution in [2.75, 3.05) is 19.7 Å². The first-order chi connectivity index (χ1) is 8.28. The summed E-state index contributed by atoms with van der Waals surface area (Å²) in [6, 6.07) is 0. The normalized spacial score (nSPS) is 21.0. The summed E-state index contributed by atoms with van der Waals surface area (Å²) in [5, 5.41) is 3.32. The van der Waals surface area contributed by atoms with Crippen LogP contribution in [0.25, 0.3) is 0 Å². The molecule has 3 nitrogen and oxygen atoms in total. The Bertz CT molecular complexity index is 334. The lowest BCUT2D eigenvalue weighted by Gasteiger charge is -2.28. The third-order valence-corrected chi connectivity index (χ3v) is 4.06. The molecule has 0 unspecified atom stereocenters. The van der Waals surface area contributed by atoms with Crippen LogP contribution < -0.4 is 0 Å². The van der Waals surface area contributed by atoms with E-state index in [1.165, 1.54) is 25.0 Å². The van der Waals surface area contributed by atoms with Crippen molar-refractivity contribution in [1.82, 2.24) is 9.88 Å². The number of rotatable bonds is 5. The molecule has 0 N–H and O–H groups in total. The third kappa shape index (κ3) is 4.05. The van der Waals surface area contributed by atoms with E-state index < -0.39 is 0 Å². The molecule has 0 saturated carbocycles. The van der Waals surface area contributed by atoms with Crippen molar-refractivity contribution in [2.45, 2.75) is 45.8 Å². The van der Waals surface area contributed by atoms with Crippen LogP contribution in [0.4, 0.5) is 0 Å². The molecule has 2 heterocycles. The van der Waals surface area contributed by atoms with E-state index in [-0.39, 0.29) is 0 Å². The van der Waals surface area contributed by atoms with Gasteiger partial charge < -0.3 is 4.74 Å². The molecule has 1 aliphatic rings. The second kappa shape index (κ2) is 6.47. The Balaban J connectivity index is 1.83. The monoisotopic (exact) mass is 254 g/mol. The Morgan fingerprint density at radius 3 is 3.00 bits per heavy atom. The minimum atomic E-state index is 0.434. The highest BCUT2D eigenvalue weighted by Crippen LogP contribution is 2.16. The van der Waals surface area contributed by atoms with Gasteiger partial charge in [-0.1, -0.05) is 6.92 Å². The zero-order valence-corrected chi connectivity index (χ0v) is 11.6. The molecule has 0 bridgehead atoms. The highest BCUT2D eigenvalue weighted by atomic mass is 32.1. The Labute approximate surface area is 108 Å². The molecule has 0 aliphatic carbocycles. The van der Waals surface area contributed by atoms with Crippen LogP contribution in [0.3, 0.4) is 0 Å². The molecule has 4 heteroatoms. The number of ether oxygens (including phenoxy) is 1. The molecule has 1 aromatic heterocycles. The Morgan fingerprint density at radius 2 is 2.41 bits per heavy atom. The first-order valence-electron chi connectivity index (χ1n) is 6.53. The topological polar surface area (TPSA) is 25.4 Å². The largest absolute Gasteiger partial charge is 0.377 e. The van der Waals surface area contributed by atoms with E-state index in [9.17, 15) is 0 Å². The number of nitrogens with zero attached hydrogens (tertiary/aromatic N) is 2. The van der Waals surface area contributed by atoms with E-state index in [0.29, 0.717) is 6.10 Å². The second-order valence-electron chi connectivity index (χ2n) is 4.67. The number of hydrogen-bond acceptors (Lipinski definition) is 4. The van der Waals surface area contributed by atoms with E-state index in [1.807, 2.05) is 0 Å². The minimum absolute atomic E-state index is 0.434. The predicted molar refractivity (Wildman–Crippen MR) is 71.4 cm³/mol. The molecular weight excluding hydrogens is 232 g/mol. The van der Waals surface area contributed by atoms with Crippen molar-refractivity contribution in [3.05, 3.63) is 16.1 Å². The molecular formula is C13H22N2OS. The number of likely N-dealkylation sites (N-methyl/N-ethyl adjacent to an activating group) is 1. The van der Waals surface area contributed by atoms with Crippen LogP contribution in [0.1, 0.15) is 36.9 Å². The van der Waals surface area contributed by atoms with Gasteiger partial charge in [0.1, 0.15) is 0 Å². The lowest BCUT2D eigenvalue weighted by Crippen LogP contribution is -2.35. The number of aromatic nitrogens is 1. The molecule has 1 atom stereocenters. The molecule has 2 rings (SSSR count). The standard InChI is InChI=1S/C13H22N2OS/c1-3-15(8-12-10-17-11(2)14-12)9-13-6-4-5-7-16-13/h10,13H,3-9H2,1-2H3/t13-/m1/s1. The van der Waals surface area contributed by atoms with Gasteiger partial charge in [-0.25, -0.2) is 4.98 Å². The molecule has 1 aromatic rings. The summed E-state index contributed by atoms with van der Waals surface area (Å²) >= 11 is 1.73. The summed E-state index contributed by atoms with van der Waals surface area (Å²) in [7, 11) is 0. The quantitative estimate of drug-likeness (QED) is 0.808. The van der Waals surface area contributed by atoms with Crippen molar-refractivity contribution in [2.24, 2.45) is 0 Å². The smallest absolute Gasteiger partial charge is 0.0897 e. The third-order valence-electron chi connectivity index (χ3n) is 3.24. The minimum Gasteiger partial charge on any atom is -0.377 e. The summed E-state index contributed by atoms with van der Waals surface area (Å²) < 4.78 is 5.79. The van der Waals surface area contributed by atoms with Crippen LogP contribution in [-0.4, -0.2) is 35.7 Å². The molecule has 1 aliphatic heterocycles. The Kier molecular flexibility index (Phi) is 4.95. The maximum absolute atomic E-state index is 5.79. The van der Waals surface area contributed by atoms with Gasteiger partial charge in [0.15, 0.2) is 0 Å². The van der Waals surface area contributed by atoms with E-state index in [2.05, 4.69) is 29.1 Å². The van der Waals surface area contributed by atoms with E-state index in [4.69, 9.17) is 4.74 Å². The van der Waals surface area contributed by atoms with Crippen molar-refractivity contribution in [3.8, 4) is 0 Å². The number of thiazole rings is 1. The first kappa shape index (κ1) is 13.0. The van der Waals surface area contributed by atoms with Gasteiger partial charge in [0, 0.05) is 25.1 Å². The summed E-state index contributed by atoms with van der Waals surface area (Å²) in [5.74, 6) is 0. The van der Waals surface area contributed by atoms with Gasteiger partial charge in [-0.05, 0) is 32.7 Å². The zero-order chi connectivity index (χ0) is 12.1. The van der Waals surface area contributed by atoms with Crippen LogP contribution in [0.5, 0.6) is 0 Å². The molecule has 96 valence electrons. The van der Waals surface area contributed by atoms with Crippen molar-refractivity contribution in [1.29, 1.82) is 0 Å². The van der Waals surface area contributed by atoms with Gasteiger partial charge in [0.25, 0.3) is 0 Å². The van der Waals surface area contributed by atoms with Gasteiger partial charge in [-0.15, -0.1) is 11.3 Å². The van der Waals surface area contributed by atoms with Gasteiger partial charge in [0.05, 0.1) is 16.8 Å². The van der Waals surface area contributed by atoms with Crippen LogP contribution >= 0.6 is 11.3 Å². The van der Waals surface area contributed by atoms with Crippen molar-refractivity contribution < 1.29 is 4.74 Å². The number of hydrogen-bond donors (Lipinski definition) is 0. The summed E-state index contributed by atoms with van der Waals surface area (Å²) in [5.41, 5.74) is 1.20. The fraction of sp³-hybridized carbons (Fsp3) is 0.769. The highest BCUT2D eigenvalue weighted by molar-refractivity contribution is 7.09. The average Bonchev–Trinajstić information content (AvgIpc) is 2.75. The van der Waals surface area contributed by atoms with Gasteiger partial charge in [-0.2, -0.15) is 0 Å². The Hall–Kier alpha value is -0.450. The van der Waals surface area contributed by atoms with Crippen LogP contribution in [0.2, 0.25) is 0 Å². The summed E-state index contributed by atoms with van der Waals surface area (Å²) in [4.78, 5) is 6.96. The fourth-order valence-electron chi connectivity index (χ4n) is 2.25. The predicted octanol–water partition coefficient (Wildman–Crippen LogP) is 2.84.